The molecule has 0 aromatic heterocycles. The van der Waals surface area contributed by atoms with Crippen molar-refractivity contribution in [2.24, 2.45) is 5.10 Å². The van der Waals surface area contributed by atoms with Gasteiger partial charge in [-0.15, -0.1) is 0 Å². The number of nitro benzene ring substituents is 1. The highest BCUT2D eigenvalue weighted by molar-refractivity contribution is 6.31. The van der Waals surface area contributed by atoms with Gasteiger partial charge in [-0.05, 0) is 6.07 Å². The maximum atomic E-state index is 10.6. The first-order chi connectivity index (χ1) is 8.06. The number of halogens is 1. The van der Waals surface area contributed by atoms with E-state index in [1.807, 2.05) is 0 Å². The molecule has 0 aliphatic rings. The number of aliphatic hydroxyl groups excluding tert-OH is 1. The number of nitrogens with one attached hydrogen (secondary N) is 1. The molecule has 0 heterocycles. The fourth-order valence-corrected chi connectivity index (χ4v) is 1.29. The number of benzene rings is 1. The van der Waals surface area contributed by atoms with Gasteiger partial charge in [0.1, 0.15) is 0 Å². The first-order valence-electron chi connectivity index (χ1n) is 4.60. The number of phenolic OH excluding ortho intramolecular Hbond substituents is 1. The highest BCUT2D eigenvalue weighted by atomic mass is 35.5. The zero-order chi connectivity index (χ0) is 12.8. The van der Waals surface area contributed by atoms with Crippen molar-refractivity contribution in [1.82, 2.24) is 5.43 Å². The van der Waals surface area contributed by atoms with E-state index < -0.39 is 16.4 Å². The van der Waals surface area contributed by atoms with Gasteiger partial charge in [-0.2, -0.15) is 5.10 Å². The largest absolute Gasteiger partial charge is 0.502 e. The minimum atomic E-state index is -0.736. The molecule has 0 aliphatic carbocycles. The monoisotopic (exact) mass is 259 g/mol. The summed E-state index contributed by atoms with van der Waals surface area (Å²) in [5.74, 6) is -0.506. The molecule has 7 nitrogen and oxygen atoms in total. The fraction of sp³-hybridized carbons (Fsp3) is 0.222. The average molecular weight is 260 g/mol. The topological polar surface area (TPSA) is 108 Å². The van der Waals surface area contributed by atoms with Crippen molar-refractivity contribution in [2.75, 3.05) is 13.2 Å². The Hall–Kier alpha value is -1.86. The van der Waals surface area contributed by atoms with Gasteiger partial charge in [-0.25, -0.2) is 0 Å². The van der Waals surface area contributed by atoms with E-state index in [9.17, 15) is 15.2 Å². The van der Waals surface area contributed by atoms with E-state index in [-0.39, 0.29) is 23.7 Å². The molecule has 0 bridgehead atoms. The maximum Gasteiger partial charge on any atom is 0.312 e. The first kappa shape index (κ1) is 13.2. The molecule has 17 heavy (non-hydrogen) atoms. The van der Waals surface area contributed by atoms with E-state index in [1.54, 1.807) is 0 Å². The predicted octanol–water partition coefficient (Wildman–Crippen LogP) is 0.870. The van der Waals surface area contributed by atoms with Crippen LogP contribution in [0.1, 0.15) is 5.56 Å². The van der Waals surface area contributed by atoms with Crippen LogP contribution >= 0.6 is 11.6 Å². The van der Waals surface area contributed by atoms with Crippen molar-refractivity contribution < 1.29 is 15.1 Å². The van der Waals surface area contributed by atoms with Crippen molar-refractivity contribution in [3.63, 3.8) is 0 Å². The lowest BCUT2D eigenvalue weighted by atomic mass is 10.2. The minimum Gasteiger partial charge on any atom is -0.502 e. The summed E-state index contributed by atoms with van der Waals surface area (Å²) in [5.41, 5.74) is 2.11. The molecule has 8 heteroatoms. The van der Waals surface area contributed by atoms with Crippen molar-refractivity contribution in [2.45, 2.75) is 0 Å². The fourth-order valence-electron chi connectivity index (χ4n) is 1.07. The molecule has 1 rings (SSSR count). The molecule has 0 unspecified atom stereocenters. The van der Waals surface area contributed by atoms with Crippen LogP contribution in [0.4, 0.5) is 5.69 Å². The Kier molecular flexibility index (Phi) is 4.68. The zero-order valence-electron chi connectivity index (χ0n) is 8.63. The summed E-state index contributed by atoms with van der Waals surface area (Å²) in [6.07, 6.45) is 1.18. The molecular weight excluding hydrogens is 250 g/mol. The Morgan fingerprint density at radius 1 is 1.59 bits per heavy atom. The van der Waals surface area contributed by atoms with Gasteiger partial charge in [0.25, 0.3) is 0 Å². The second kappa shape index (κ2) is 6.02. The van der Waals surface area contributed by atoms with Gasteiger partial charge in [0.15, 0.2) is 0 Å². The molecule has 1 aromatic rings. The van der Waals surface area contributed by atoms with Crippen LogP contribution in [0.15, 0.2) is 17.2 Å². The van der Waals surface area contributed by atoms with E-state index in [0.717, 1.165) is 6.07 Å². The number of hydrazone groups is 1. The standard InChI is InChI=1S/C9H10ClN3O4/c10-7-3-6(5-12-11-1-2-14)9(15)8(4-7)13(16)17/h3-5,11,14-15H,1-2H2/b12-5-. The van der Waals surface area contributed by atoms with Gasteiger partial charge in [-0.3, -0.25) is 10.1 Å². The van der Waals surface area contributed by atoms with E-state index >= 15 is 0 Å². The molecule has 0 saturated carbocycles. The Labute approximate surface area is 101 Å². The molecule has 0 aliphatic heterocycles. The Balaban J connectivity index is 2.99. The number of aliphatic hydroxyl groups is 1. The maximum absolute atomic E-state index is 10.6. The predicted molar refractivity (Wildman–Crippen MR) is 62.5 cm³/mol. The zero-order valence-corrected chi connectivity index (χ0v) is 9.39. The number of nitrogens with zero attached hydrogens (tertiary/aromatic N) is 2. The third-order valence-corrected chi connectivity index (χ3v) is 2.02. The van der Waals surface area contributed by atoms with Crippen molar-refractivity contribution in [3.8, 4) is 5.75 Å². The lowest BCUT2D eigenvalue weighted by molar-refractivity contribution is -0.385. The summed E-state index contributed by atoms with van der Waals surface area (Å²) in [4.78, 5) is 9.86. The molecule has 0 amide bonds. The number of aromatic hydroxyl groups is 1. The lowest BCUT2D eigenvalue weighted by Gasteiger charge is -2.01. The van der Waals surface area contributed by atoms with E-state index in [0.29, 0.717) is 0 Å². The van der Waals surface area contributed by atoms with Crippen LogP contribution in [0, 0.1) is 10.1 Å². The van der Waals surface area contributed by atoms with Gasteiger partial charge in [0, 0.05) is 16.7 Å². The number of nitro groups is 1. The quantitative estimate of drug-likeness (QED) is 0.315. The highest BCUT2D eigenvalue weighted by Gasteiger charge is 2.17. The van der Waals surface area contributed by atoms with Crippen LogP contribution in [0.2, 0.25) is 5.02 Å². The summed E-state index contributed by atoms with van der Waals surface area (Å²) >= 11 is 5.67. The molecule has 0 atom stereocenters. The summed E-state index contributed by atoms with van der Waals surface area (Å²) in [6, 6.07) is 2.39. The second-order valence-electron chi connectivity index (χ2n) is 3.01. The van der Waals surface area contributed by atoms with Gasteiger partial charge in [-0.1, -0.05) is 11.6 Å². The minimum absolute atomic E-state index is 0.0982. The smallest absolute Gasteiger partial charge is 0.312 e. The molecule has 0 radical (unpaired) electrons. The molecule has 0 spiro atoms. The molecular formula is C9H10ClN3O4. The van der Waals surface area contributed by atoms with E-state index in [1.165, 1.54) is 12.3 Å². The van der Waals surface area contributed by atoms with Crippen molar-refractivity contribution in [3.05, 3.63) is 32.8 Å². The summed E-state index contributed by atoms with van der Waals surface area (Å²) < 4.78 is 0. The first-order valence-corrected chi connectivity index (χ1v) is 4.97. The SMILES string of the molecule is O=[N+]([O-])c1cc(Cl)cc(/C=N\NCCO)c1O. The Morgan fingerprint density at radius 3 is 2.88 bits per heavy atom. The number of hydrogen-bond acceptors (Lipinski definition) is 6. The van der Waals surface area contributed by atoms with Crippen LogP contribution in [0.5, 0.6) is 5.75 Å². The summed E-state index contributed by atoms with van der Waals surface area (Å²) in [6.45, 7) is 0.138. The normalized spacial score (nSPS) is 10.7. The Bertz CT molecular complexity index is 450. The average Bonchev–Trinajstić information content (AvgIpc) is 2.28. The van der Waals surface area contributed by atoms with Crippen LogP contribution in [-0.2, 0) is 0 Å². The van der Waals surface area contributed by atoms with E-state index in [2.05, 4.69) is 10.5 Å². The molecule has 0 fully saturated rings. The second-order valence-corrected chi connectivity index (χ2v) is 3.45. The molecule has 92 valence electrons. The van der Waals surface area contributed by atoms with Crippen LogP contribution in [-0.4, -0.2) is 34.5 Å². The molecule has 0 saturated heterocycles. The van der Waals surface area contributed by atoms with Crippen LogP contribution in [0.25, 0.3) is 0 Å². The summed E-state index contributed by atoms with van der Waals surface area (Å²) in [5, 5.41) is 32.4. The van der Waals surface area contributed by atoms with Gasteiger partial charge < -0.3 is 15.6 Å². The number of rotatable bonds is 5. The number of phenols is 1. The van der Waals surface area contributed by atoms with Crippen LogP contribution < -0.4 is 5.43 Å². The van der Waals surface area contributed by atoms with Crippen molar-refractivity contribution >= 4 is 23.5 Å². The third kappa shape index (κ3) is 3.58. The number of hydrogen-bond donors (Lipinski definition) is 3. The third-order valence-electron chi connectivity index (χ3n) is 1.80. The lowest BCUT2D eigenvalue weighted by Crippen LogP contribution is -2.11. The van der Waals surface area contributed by atoms with E-state index in [4.69, 9.17) is 16.7 Å². The summed E-state index contributed by atoms with van der Waals surface area (Å²) in [7, 11) is 0. The van der Waals surface area contributed by atoms with Gasteiger partial charge >= 0.3 is 5.69 Å². The Morgan fingerprint density at radius 2 is 2.29 bits per heavy atom. The van der Waals surface area contributed by atoms with Crippen LogP contribution in [0.3, 0.4) is 0 Å². The van der Waals surface area contributed by atoms with Gasteiger partial charge in [0.2, 0.25) is 5.75 Å². The molecule has 1 aromatic carbocycles. The highest BCUT2D eigenvalue weighted by Crippen LogP contribution is 2.32. The molecule has 3 N–H and O–H groups in total. The van der Waals surface area contributed by atoms with Crippen molar-refractivity contribution in [1.29, 1.82) is 0 Å². The van der Waals surface area contributed by atoms with Gasteiger partial charge in [0.05, 0.1) is 24.3 Å².